The van der Waals surface area contributed by atoms with Crippen LogP contribution in [0.15, 0.2) is 47.5 Å². The summed E-state index contributed by atoms with van der Waals surface area (Å²) in [7, 11) is 0. The fraction of sp³-hybridized carbons (Fsp3) is 0.300. The van der Waals surface area contributed by atoms with Crippen molar-refractivity contribution < 1.29 is 19.3 Å². The fourth-order valence-electron chi connectivity index (χ4n) is 2.84. The second-order valence-corrected chi connectivity index (χ2v) is 7.27. The zero-order valence-corrected chi connectivity index (χ0v) is 15.7. The SMILES string of the molecule is Cc1nc(SC[C@H](O)COCc2ccc3c(c2)OCO3)c2ccccc2n1. The number of aromatic nitrogens is 2. The number of benzene rings is 2. The number of aryl methyl sites for hydroxylation is 1. The number of aliphatic hydroxyl groups excluding tert-OH is 1. The van der Waals surface area contributed by atoms with Crippen molar-refractivity contribution in [3.63, 3.8) is 0 Å². The molecule has 0 bridgehead atoms. The van der Waals surface area contributed by atoms with Gasteiger partial charge >= 0.3 is 0 Å². The molecule has 1 aliphatic heterocycles. The Balaban J connectivity index is 1.29. The molecule has 1 N–H and O–H groups in total. The number of thioether (sulfide) groups is 1. The Morgan fingerprint density at radius 1 is 1.15 bits per heavy atom. The average Bonchev–Trinajstić information content (AvgIpc) is 3.14. The predicted molar refractivity (Wildman–Crippen MR) is 103 cm³/mol. The molecule has 1 aliphatic rings. The molecule has 0 amide bonds. The number of para-hydroxylation sites is 1. The summed E-state index contributed by atoms with van der Waals surface area (Å²) in [6.07, 6.45) is -0.585. The van der Waals surface area contributed by atoms with E-state index in [0.717, 1.165) is 38.8 Å². The highest BCUT2D eigenvalue weighted by Gasteiger charge is 2.14. The van der Waals surface area contributed by atoms with Crippen LogP contribution in [0.2, 0.25) is 0 Å². The summed E-state index contributed by atoms with van der Waals surface area (Å²) in [6.45, 7) is 2.80. The first-order valence-electron chi connectivity index (χ1n) is 8.69. The molecule has 1 atom stereocenters. The molecule has 6 nitrogen and oxygen atoms in total. The second-order valence-electron chi connectivity index (χ2n) is 6.26. The first kappa shape index (κ1) is 18.0. The largest absolute Gasteiger partial charge is 0.454 e. The molecule has 0 saturated heterocycles. The van der Waals surface area contributed by atoms with E-state index in [4.69, 9.17) is 14.2 Å². The molecular weight excluding hydrogens is 364 g/mol. The van der Waals surface area contributed by atoms with Gasteiger partial charge in [0.25, 0.3) is 0 Å². The maximum absolute atomic E-state index is 10.3. The van der Waals surface area contributed by atoms with Crippen LogP contribution >= 0.6 is 11.8 Å². The molecule has 0 spiro atoms. The molecule has 0 saturated carbocycles. The Kier molecular flexibility index (Phi) is 5.42. The lowest BCUT2D eigenvalue weighted by Gasteiger charge is -2.12. The molecule has 0 unspecified atom stereocenters. The first-order valence-corrected chi connectivity index (χ1v) is 9.68. The first-order chi connectivity index (χ1) is 13.2. The van der Waals surface area contributed by atoms with Gasteiger partial charge in [-0.05, 0) is 30.7 Å². The van der Waals surface area contributed by atoms with Crippen LogP contribution in [0.4, 0.5) is 0 Å². The van der Waals surface area contributed by atoms with E-state index in [1.54, 1.807) is 0 Å². The fourth-order valence-corrected chi connectivity index (χ4v) is 3.81. The van der Waals surface area contributed by atoms with E-state index < -0.39 is 6.10 Å². The summed E-state index contributed by atoms with van der Waals surface area (Å²) in [5.74, 6) is 2.72. The normalized spacial score (nSPS) is 13.9. The lowest BCUT2D eigenvalue weighted by atomic mass is 10.2. The highest BCUT2D eigenvalue weighted by Crippen LogP contribution is 2.32. The molecular formula is C20H20N2O4S. The van der Waals surface area contributed by atoms with Crippen molar-refractivity contribution in [2.45, 2.75) is 24.7 Å². The second kappa shape index (κ2) is 8.12. The lowest BCUT2D eigenvalue weighted by Crippen LogP contribution is -2.18. The Morgan fingerprint density at radius 2 is 2.00 bits per heavy atom. The molecule has 2 heterocycles. The van der Waals surface area contributed by atoms with Crippen LogP contribution in [-0.2, 0) is 11.3 Å². The smallest absolute Gasteiger partial charge is 0.231 e. The minimum absolute atomic E-state index is 0.253. The van der Waals surface area contributed by atoms with Crippen molar-refractivity contribution in [1.82, 2.24) is 9.97 Å². The van der Waals surface area contributed by atoms with Crippen LogP contribution in [-0.4, -0.2) is 40.3 Å². The van der Waals surface area contributed by atoms with Crippen LogP contribution in [0.25, 0.3) is 10.9 Å². The summed E-state index contributed by atoms with van der Waals surface area (Å²) >= 11 is 1.52. The molecule has 3 aromatic rings. The molecule has 0 radical (unpaired) electrons. The number of nitrogens with zero attached hydrogens (tertiary/aromatic N) is 2. The molecule has 0 fully saturated rings. The van der Waals surface area contributed by atoms with E-state index in [-0.39, 0.29) is 13.4 Å². The molecule has 4 rings (SSSR count). The Bertz CT molecular complexity index is 950. The quantitative estimate of drug-likeness (QED) is 0.495. The van der Waals surface area contributed by atoms with Gasteiger partial charge in [0.2, 0.25) is 6.79 Å². The molecule has 1 aromatic heterocycles. The van der Waals surface area contributed by atoms with Gasteiger partial charge in [0.15, 0.2) is 11.5 Å². The number of hydrogen-bond acceptors (Lipinski definition) is 7. The van der Waals surface area contributed by atoms with E-state index in [1.165, 1.54) is 11.8 Å². The van der Waals surface area contributed by atoms with Crippen LogP contribution in [0.1, 0.15) is 11.4 Å². The number of aliphatic hydroxyl groups is 1. The number of ether oxygens (including phenoxy) is 3. The van der Waals surface area contributed by atoms with Gasteiger partial charge in [-0.2, -0.15) is 0 Å². The Labute approximate surface area is 161 Å². The van der Waals surface area contributed by atoms with Crippen molar-refractivity contribution >= 4 is 22.7 Å². The summed E-state index contributed by atoms with van der Waals surface area (Å²) < 4.78 is 16.3. The number of rotatable bonds is 7. The van der Waals surface area contributed by atoms with Crippen LogP contribution in [0.3, 0.4) is 0 Å². The minimum atomic E-state index is -0.585. The van der Waals surface area contributed by atoms with Gasteiger partial charge in [-0.3, -0.25) is 0 Å². The average molecular weight is 384 g/mol. The van der Waals surface area contributed by atoms with Crippen LogP contribution in [0, 0.1) is 6.92 Å². The third-order valence-electron chi connectivity index (χ3n) is 4.11. The van der Waals surface area contributed by atoms with Crippen molar-refractivity contribution in [1.29, 1.82) is 0 Å². The standard InChI is InChI=1S/C20H20N2O4S/c1-13-21-17-5-3-2-4-16(17)20(22-13)27-11-15(23)10-24-9-14-6-7-18-19(8-14)26-12-25-18/h2-8,15,23H,9-12H2,1H3/t15-/m1/s1. The monoisotopic (exact) mass is 384 g/mol. The van der Waals surface area contributed by atoms with Gasteiger partial charge in [-0.1, -0.05) is 24.3 Å². The lowest BCUT2D eigenvalue weighted by molar-refractivity contribution is 0.0397. The summed E-state index contributed by atoms with van der Waals surface area (Å²) in [6, 6.07) is 13.6. The van der Waals surface area contributed by atoms with Crippen LogP contribution < -0.4 is 9.47 Å². The van der Waals surface area contributed by atoms with Crippen molar-refractivity contribution in [2.24, 2.45) is 0 Å². The van der Waals surface area contributed by atoms with Gasteiger partial charge in [0.1, 0.15) is 10.9 Å². The van der Waals surface area contributed by atoms with E-state index in [9.17, 15) is 5.11 Å². The van der Waals surface area contributed by atoms with Gasteiger partial charge in [0, 0.05) is 11.1 Å². The Hall–Kier alpha value is -2.35. The predicted octanol–water partition coefficient (Wildman–Crippen LogP) is 3.34. The number of fused-ring (bicyclic) bond motifs is 2. The van der Waals surface area contributed by atoms with E-state index in [1.807, 2.05) is 49.4 Å². The van der Waals surface area contributed by atoms with E-state index in [0.29, 0.717) is 12.4 Å². The molecule has 2 aromatic carbocycles. The highest BCUT2D eigenvalue weighted by molar-refractivity contribution is 7.99. The molecule has 140 valence electrons. The van der Waals surface area contributed by atoms with Gasteiger partial charge in [-0.25, -0.2) is 9.97 Å². The van der Waals surface area contributed by atoms with Crippen molar-refractivity contribution in [3.8, 4) is 11.5 Å². The zero-order chi connectivity index (χ0) is 18.6. The minimum Gasteiger partial charge on any atom is -0.454 e. The molecule has 7 heteroatoms. The van der Waals surface area contributed by atoms with Crippen molar-refractivity contribution in [2.75, 3.05) is 19.2 Å². The Morgan fingerprint density at radius 3 is 2.93 bits per heavy atom. The highest BCUT2D eigenvalue weighted by atomic mass is 32.2. The van der Waals surface area contributed by atoms with E-state index >= 15 is 0 Å². The third-order valence-corrected chi connectivity index (χ3v) is 5.24. The maximum atomic E-state index is 10.3. The van der Waals surface area contributed by atoms with Gasteiger partial charge in [-0.15, -0.1) is 11.8 Å². The van der Waals surface area contributed by atoms with Gasteiger partial charge in [0.05, 0.1) is 24.8 Å². The van der Waals surface area contributed by atoms with Crippen molar-refractivity contribution in [3.05, 3.63) is 53.9 Å². The maximum Gasteiger partial charge on any atom is 0.231 e. The molecule has 0 aliphatic carbocycles. The summed E-state index contributed by atoms with van der Waals surface area (Å²) in [5.41, 5.74) is 1.90. The number of hydrogen-bond donors (Lipinski definition) is 1. The summed E-state index contributed by atoms with van der Waals surface area (Å²) in [5, 5.41) is 12.1. The molecule has 27 heavy (non-hydrogen) atoms. The van der Waals surface area contributed by atoms with E-state index in [2.05, 4.69) is 9.97 Å². The van der Waals surface area contributed by atoms with Gasteiger partial charge < -0.3 is 19.3 Å². The third kappa shape index (κ3) is 4.32. The van der Waals surface area contributed by atoms with Crippen LogP contribution in [0.5, 0.6) is 11.5 Å². The zero-order valence-electron chi connectivity index (χ0n) is 14.9. The topological polar surface area (TPSA) is 73.7 Å². The summed E-state index contributed by atoms with van der Waals surface area (Å²) in [4.78, 5) is 8.95.